The summed E-state index contributed by atoms with van der Waals surface area (Å²) >= 11 is 0. The zero-order valence-corrected chi connectivity index (χ0v) is 26.0. The minimum atomic E-state index is -4.24. The van der Waals surface area contributed by atoms with E-state index in [-0.39, 0.29) is 24.5 Å². The molecule has 4 rings (SSSR count). The smallest absolute Gasteiger partial charge is 0.412 e. The third-order valence-corrected chi connectivity index (χ3v) is 7.16. The number of carbonyl (C=O) groups excluding carboxylic acids is 3. The number of aryl methyl sites for hydroxylation is 1. The molecule has 0 bridgehead atoms. The predicted octanol–water partition coefficient (Wildman–Crippen LogP) is 3.78. The first-order chi connectivity index (χ1) is 22.4. The third-order valence-electron chi connectivity index (χ3n) is 7.16. The number of alkyl halides is 2. The second kappa shape index (κ2) is 15.2. The van der Waals surface area contributed by atoms with Gasteiger partial charge in [-0.05, 0) is 30.5 Å². The van der Waals surface area contributed by atoms with E-state index in [0.29, 0.717) is 16.0 Å². The van der Waals surface area contributed by atoms with Crippen LogP contribution in [0.15, 0.2) is 95.9 Å². The Bertz CT molecular complexity index is 1770. The third kappa shape index (κ3) is 8.85. The lowest BCUT2D eigenvalue weighted by atomic mass is 9.96. The van der Waals surface area contributed by atoms with Gasteiger partial charge in [-0.3, -0.25) is 24.3 Å². The molecule has 0 aliphatic heterocycles. The van der Waals surface area contributed by atoms with Crippen LogP contribution in [-0.2, 0) is 33.9 Å². The van der Waals surface area contributed by atoms with Crippen molar-refractivity contribution in [2.45, 2.75) is 44.6 Å². The number of anilines is 1. The Balaban J connectivity index is 1.64. The van der Waals surface area contributed by atoms with Gasteiger partial charge in [-0.2, -0.15) is 8.78 Å². The Morgan fingerprint density at radius 2 is 1.62 bits per heavy atom. The van der Waals surface area contributed by atoms with Crippen LogP contribution in [0.4, 0.5) is 19.3 Å². The van der Waals surface area contributed by atoms with Crippen molar-refractivity contribution in [2.24, 2.45) is 0 Å². The Morgan fingerprint density at radius 1 is 0.979 bits per heavy atom. The fraction of sp³-hybridized carbons (Fsp3) is 0.265. The van der Waals surface area contributed by atoms with Gasteiger partial charge in [0.1, 0.15) is 30.8 Å². The van der Waals surface area contributed by atoms with Gasteiger partial charge in [0.05, 0.1) is 12.2 Å². The molecule has 2 atom stereocenters. The quantitative estimate of drug-likeness (QED) is 0.213. The van der Waals surface area contributed by atoms with Crippen LogP contribution in [0.1, 0.15) is 16.7 Å². The van der Waals surface area contributed by atoms with Crippen molar-refractivity contribution in [1.29, 1.82) is 0 Å². The number of benzene rings is 3. The number of aliphatic hydroxyl groups is 1. The number of nitrogens with zero attached hydrogens (tertiary/aromatic N) is 3. The SMILES string of the molecule is Cc1cccc(-c2ncc(NC(=O)OCc3ccccc3)c(=O)n2CC(=O)NC(Cc2ccccc2)C(O)C(F)(F)C(=O)N(C)C)c1. The van der Waals surface area contributed by atoms with Crippen LogP contribution in [-0.4, -0.2) is 69.6 Å². The average molecular weight is 648 g/mol. The number of rotatable bonds is 12. The van der Waals surface area contributed by atoms with Crippen molar-refractivity contribution >= 4 is 23.6 Å². The molecular formula is C34H35F2N5O6. The molecule has 0 spiro atoms. The molecule has 47 heavy (non-hydrogen) atoms. The van der Waals surface area contributed by atoms with Gasteiger partial charge >= 0.3 is 12.0 Å². The zero-order chi connectivity index (χ0) is 34.1. The summed E-state index contributed by atoms with van der Waals surface area (Å²) in [4.78, 5) is 57.0. The van der Waals surface area contributed by atoms with Crippen LogP contribution in [0.25, 0.3) is 11.4 Å². The van der Waals surface area contributed by atoms with Gasteiger partial charge in [-0.25, -0.2) is 9.78 Å². The van der Waals surface area contributed by atoms with E-state index in [1.807, 2.05) is 19.1 Å². The van der Waals surface area contributed by atoms with Crippen molar-refractivity contribution in [3.05, 3.63) is 118 Å². The van der Waals surface area contributed by atoms with Gasteiger partial charge in [-0.1, -0.05) is 84.4 Å². The van der Waals surface area contributed by atoms with Gasteiger partial charge < -0.3 is 20.1 Å². The minimum Gasteiger partial charge on any atom is -0.444 e. The molecule has 13 heteroatoms. The minimum absolute atomic E-state index is 0.0605. The van der Waals surface area contributed by atoms with Crippen LogP contribution in [0.3, 0.4) is 0 Å². The Labute approximate surface area is 269 Å². The van der Waals surface area contributed by atoms with Crippen molar-refractivity contribution in [1.82, 2.24) is 19.8 Å². The van der Waals surface area contributed by atoms with E-state index < -0.39 is 48.1 Å². The van der Waals surface area contributed by atoms with Crippen LogP contribution in [0.2, 0.25) is 0 Å². The first-order valence-corrected chi connectivity index (χ1v) is 14.6. The predicted molar refractivity (Wildman–Crippen MR) is 171 cm³/mol. The van der Waals surface area contributed by atoms with Crippen LogP contribution in [0, 0.1) is 6.92 Å². The number of ether oxygens (including phenoxy) is 1. The summed E-state index contributed by atoms with van der Waals surface area (Å²) < 4.78 is 36.4. The number of halogens is 2. The van der Waals surface area contributed by atoms with E-state index in [1.165, 1.54) is 0 Å². The largest absolute Gasteiger partial charge is 0.444 e. The molecule has 0 aliphatic rings. The summed E-state index contributed by atoms with van der Waals surface area (Å²) in [6, 6.07) is 22.4. The molecule has 246 valence electrons. The normalized spacial score (nSPS) is 12.5. The van der Waals surface area contributed by atoms with Gasteiger partial charge in [0.2, 0.25) is 5.91 Å². The second-order valence-electron chi connectivity index (χ2n) is 11.1. The molecule has 3 aromatic carbocycles. The molecular weight excluding hydrogens is 612 g/mol. The highest BCUT2D eigenvalue weighted by Crippen LogP contribution is 2.25. The number of amides is 3. The summed E-state index contributed by atoms with van der Waals surface area (Å²) in [6.45, 7) is 1.03. The van der Waals surface area contributed by atoms with Crippen molar-refractivity contribution < 1.29 is 33.0 Å². The topological polar surface area (TPSA) is 143 Å². The highest BCUT2D eigenvalue weighted by Gasteiger charge is 2.51. The maximum absolute atomic E-state index is 15.1. The van der Waals surface area contributed by atoms with E-state index in [4.69, 9.17) is 4.74 Å². The van der Waals surface area contributed by atoms with Crippen LogP contribution < -0.4 is 16.2 Å². The lowest BCUT2D eigenvalue weighted by Gasteiger charge is -2.31. The Hall–Kier alpha value is -5.43. The zero-order valence-electron chi connectivity index (χ0n) is 26.0. The Kier molecular flexibility index (Phi) is 11.2. The monoisotopic (exact) mass is 647 g/mol. The molecule has 3 amide bonds. The molecule has 0 saturated heterocycles. The van der Waals surface area contributed by atoms with E-state index in [2.05, 4.69) is 15.6 Å². The molecule has 2 unspecified atom stereocenters. The number of hydrogen-bond donors (Lipinski definition) is 3. The van der Waals surface area contributed by atoms with Crippen LogP contribution in [0.5, 0.6) is 0 Å². The molecule has 3 N–H and O–H groups in total. The standard InChI is InChI=1S/C34H35F2N5O6/c1-22-11-10-16-25(17-22)30-37-19-27(39-33(46)47-21-24-14-8-5-9-15-24)31(44)41(30)20-28(42)38-26(18-23-12-6-4-7-13-23)29(43)34(35,36)32(45)40(2)3/h4-17,19,26,29,43H,18,20-21H2,1-3H3,(H,38,42)(H,39,46). The maximum atomic E-state index is 15.1. The first kappa shape index (κ1) is 34.4. The number of hydrogen-bond acceptors (Lipinski definition) is 7. The van der Waals surface area contributed by atoms with E-state index >= 15 is 8.78 Å². The van der Waals surface area contributed by atoms with Gasteiger partial charge in [0.25, 0.3) is 11.5 Å². The first-order valence-electron chi connectivity index (χ1n) is 14.6. The molecule has 1 heterocycles. The molecule has 1 aromatic heterocycles. The highest BCUT2D eigenvalue weighted by molar-refractivity contribution is 5.85. The molecule has 0 fully saturated rings. The number of aliphatic hydroxyl groups excluding tert-OH is 1. The van der Waals surface area contributed by atoms with Gasteiger partial charge in [0.15, 0.2) is 0 Å². The van der Waals surface area contributed by atoms with Crippen molar-refractivity contribution in [3.63, 3.8) is 0 Å². The molecule has 0 radical (unpaired) electrons. The lowest BCUT2D eigenvalue weighted by Crippen LogP contribution is -2.58. The summed E-state index contributed by atoms with van der Waals surface area (Å²) in [5, 5.41) is 15.5. The van der Waals surface area contributed by atoms with E-state index in [9.17, 15) is 24.3 Å². The molecule has 0 saturated carbocycles. The fourth-order valence-corrected chi connectivity index (χ4v) is 4.79. The maximum Gasteiger partial charge on any atom is 0.412 e. The number of aromatic nitrogens is 2. The molecule has 4 aromatic rings. The number of nitrogens with one attached hydrogen (secondary N) is 2. The molecule has 11 nitrogen and oxygen atoms in total. The highest BCUT2D eigenvalue weighted by atomic mass is 19.3. The van der Waals surface area contributed by atoms with Gasteiger partial charge in [0, 0.05) is 19.7 Å². The van der Waals surface area contributed by atoms with E-state index in [1.54, 1.807) is 72.8 Å². The lowest BCUT2D eigenvalue weighted by molar-refractivity contribution is -0.176. The molecule has 0 aliphatic carbocycles. The van der Waals surface area contributed by atoms with Crippen molar-refractivity contribution in [2.75, 3.05) is 19.4 Å². The van der Waals surface area contributed by atoms with Crippen LogP contribution >= 0.6 is 0 Å². The Morgan fingerprint density at radius 3 is 2.23 bits per heavy atom. The number of carbonyl (C=O) groups is 3. The summed E-state index contributed by atoms with van der Waals surface area (Å²) in [7, 11) is 2.25. The van der Waals surface area contributed by atoms with Gasteiger partial charge in [-0.15, -0.1) is 0 Å². The fourth-order valence-electron chi connectivity index (χ4n) is 4.79. The summed E-state index contributed by atoms with van der Waals surface area (Å²) in [6.07, 6.45) is -2.67. The second-order valence-corrected chi connectivity index (χ2v) is 11.1. The summed E-state index contributed by atoms with van der Waals surface area (Å²) in [5.74, 6) is -6.76. The van der Waals surface area contributed by atoms with E-state index in [0.717, 1.165) is 36.0 Å². The van der Waals surface area contributed by atoms with Crippen molar-refractivity contribution in [3.8, 4) is 11.4 Å². The summed E-state index contributed by atoms with van der Waals surface area (Å²) in [5.41, 5.74) is 1.41. The average Bonchev–Trinajstić information content (AvgIpc) is 3.05.